The minimum atomic E-state index is -0.669. The summed E-state index contributed by atoms with van der Waals surface area (Å²) in [5.74, 6) is -1.18. The number of amides is 1. The Bertz CT molecular complexity index is 884. The number of carbonyl (C=O) groups is 2. The quantitative estimate of drug-likeness (QED) is 0.278. The summed E-state index contributed by atoms with van der Waals surface area (Å²) < 4.78 is 4.43. The molecule has 0 bridgehead atoms. The Balaban J connectivity index is 2.14. The van der Waals surface area contributed by atoms with Crippen molar-refractivity contribution in [1.29, 1.82) is 5.26 Å². The van der Waals surface area contributed by atoms with Crippen LogP contribution in [0.15, 0.2) is 39.4 Å². The van der Waals surface area contributed by atoms with Crippen molar-refractivity contribution in [2.75, 3.05) is 7.11 Å². The summed E-state index contributed by atoms with van der Waals surface area (Å²) in [6.45, 7) is 0. The number of ether oxygens (including phenoxy) is 1. The first-order chi connectivity index (χ1) is 11.9. The summed E-state index contributed by atoms with van der Waals surface area (Å²) in [6.07, 6.45) is 2.30. The highest BCUT2D eigenvalue weighted by atomic mass is 32.2. The van der Waals surface area contributed by atoms with Gasteiger partial charge in [0.15, 0.2) is 5.17 Å². The fourth-order valence-corrected chi connectivity index (χ4v) is 2.41. The van der Waals surface area contributed by atoms with E-state index in [1.807, 2.05) is 0 Å². The average molecular weight is 359 g/mol. The van der Waals surface area contributed by atoms with Crippen LogP contribution in [0.4, 0.5) is 5.69 Å². The van der Waals surface area contributed by atoms with Gasteiger partial charge in [0.05, 0.1) is 23.2 Å². The highest BCUT2D eigenvalue weighted by Crippen LogP contribution is 2.23. The summed E-state index contributed by atoms with van der Waals surface area (Å²) in [7, 11) is 1.19. The van der Waals surface area contributed by atoms with Crippen molar-refractivity contribution in [3.05, 3.63) is 50.4 Å². The molecule has 0 aromatic heterocycles. The lowest BCUT2D eigenvalue weighted by Crippen LogP contribution is -2.19. The molecule has 1 amide bonds. The molecule has 0 atom stereocenters. The molecule has 1 N–H and O–H groups in total. The Kier molecular flexibility index (Phi) is 5.59. The monoisotopic (exact) mass is 359 g/mol. The molecule has 1 aliphatic rings. The topological polar surface area (TPSA) is 147 Å². The van der Waals surface area contributed by atoms with Crippen LogP contribution in [0.1, 0.15) is 11.1 Å². The standard InChI is InChI=1S/C14H9N5O5S/c1-24-12(20)5-11-13(21)17-14(25-11)18-16-7-8-2-3-10(19(22)23)9(4-8)6-15/h2-5,7H,1H3,(H,17,18,21)/b11-5+,16-7?. The first-order valence-electron chi connectivity index (χ1n) is 6.53. The molecule has 126 valence electrons. The van der Waals surface area contributed by atoms with Crippen LogP contribution in [-0.4, -0.2) is 35.3 Å². The Hall–Kier alpha value is -3.52. The van der Waals surface area contributed by atoms with Crippen LogP contribution in [-0.2, 0) is 14.3 Å². The number of nitro benzene ring substituents is 1. The van der Waals surface area contributed by atoms with Crippen LogP contribution in [0.3, 0.4) is 0 Å². The summed E-state index contributed by atoms with van der Waals surface area (Å²) in [5.41, 5.74) is 0.0155. The molecule has 0 unspecified atom stereocenters. The largest absolute Gasteiger partial charge is 0.466 e. The minimum absolute atomic E-state index is 0.103. The van der Waals surface area contributed by atoms with E-state index in [9.17, 15) is 19.7 Å². The molecule has 0 radical (unpaired) electrons. The first kappa shape index (κ1) is 17.8. The predicted molar refractivity (Wildman–Crippen MR) is 88.7 cm³/mol. The summed E-state index contributed by atoms with van der Waals surface area (Å²) in [4.78, 5) is 33.0. The Morgan fingerprint density at radius 3 is 2.92 bits per heavy atom. The molecule has 1 aliphatic heterocycles. The number of nitriles is 1. The molecule has 1 saturated heterocycles. The zero-order chi connectivity index (χ0) is 18.4. The molecule has 25 heavy (non-hydrogen) atoms. The van der Waals surface area contributed by atoms with Crippen molar-refractivity contribution < 1.29 is 19.2 Å². The number of esters is 1. The lowest BCUT2D eigenvalue weighted by Gasteiger charge is -1.96. The summed E-state index contributed by atoms with van der Waals surface area (Å²) >= 11 is 0.906. The number of amidine groups is 1. The van der Waals surface area contributed by atoms with E-state index in [0.29, 0.717) is 5.56 Å². The van der Waals surface area contributed by atoms with Gasteiger partial charge in [-0.05, 0) is 29.5 Å². The number of rotatable bonds is 4. The molecule has 1 fully saturated rings. The van der Waals surface area contributed by atoms with Gasteiger partial charge in [0.25, 0.3) is 11.6 Å². The van der Waals surface area contributed by atoms with Crippen molar-refractivity contribution >= 4 is 40.7 Å². The number of hydrogen-bond acceptors (Lipinski definition) is 9. The lowest BCUT2D eigenvalue weighted by molar-refractivity contribution is -0.385. The van der Waals surface area contributed by atoms with Crippen molar-refractivity contribution in [1.82, 2.24) is 5.32 Å². The third-order valence-electron chi connectivity index (χ3n) is 2.79. The first-order valence-corrected chi connectivity index (χ1v) is 7.34. The lowest BCUT2D eigenvalue weighted by atomic mass is 10.1. The van der Waals surface area contributed by atoms with Gasteiger partial charge in [-0.25, -0.2) is 4.79 Å². The molecule has 1 aromatic rings. The minimum Gasteiger partial charge on any atom is -0.466 e. The van der Waals surface area contributed by atoms with E-state index in [0.717, 1.165) is 17.8 Å². The summed E-state index contributed by atoms with van der Waals surface area (Å²) in [6, 6.07) is 5.63. The Labute approximate surface area is 145 Å². The van der Waals surface area contributed by atoms with Crippen molar-refractivity contribution in [3.8, 4) is 6.07 Å². The van der Waals surface area contributed by atoms with Gasteiger partial charge in [0.1, 0.15) is 11.6 Å². The molecule has 2 rings (SSSR count). The number of benzene rings is 1. The van der Waals surface area contributed by atoms with Crippen LogP contribution in [0.25, 0.3) is 0 Å². The maximum Gasteiger partial charge on any atom is 0.331 e. The highest BCUT2D eigenvalue weighted by molar-refractivity contribution is 8.18. The molecule has 0 spiro atoms. The fraction of sp³-hybridized carbons (Fsp3) is 0.0714. The second-order valence-electron chi connectivity index (χ2n) is 4.38. The normalized spacial score (nSPS) is 16.9. The van der Waals surface area contributed by atoms with Gasteiger partial charge in [0, 0.05) is 12.1 Å². The molecule has 0 saturated carbocycles. The number of methoxy groups -OCH3 is 1. The number of carbonyl (C=O) groups excluding carboxylic acids is 2. The van der Waals surface area contributed by atoms with Crippen LogP contribution in [0.5, 0.6) is 0 Å². The van der Waals surface area contributed by atoms with E-state index in [-0.39, 0.29) is 21.3 Å². The van der Waals surface area contributed by atoms with E-state index in [1.165, 1.54) is 31.5 Å². The van der Waals surface area contributed by atoms with Gasteiger partial charge in [-0.3, -0.25) is 20.2 Å². The summed E-state index contributed by atoms with van der Waals surface area (Å²) in [5, 5.41) is 29.8. The fourth-order valence-electron chi connectivity index (χ4n) is 1.67. The molecule has 1 heterocycles. The second-order valence-corrected chi connectivity index (χ2v) is 5.41. The van der Waals surface area contributed by atoms with Gasteiger partial charge in [-0.2, -0.15) is 10.4 Å². The molecule has 10 nitrogen and oxygen atoms in total. The third-order valence-corrected chi connectivity index (χ3v) is 3.69. The zero-order valence-electron chi connectivity index (χ0n) is 12.6. The maximum atomic E-state index is 11.6. The Morgan fingerprint density at radius 2 is 2.28 bits per heavy atom. The van der Waals surface area contributed by atoms with Gasteiger partial charge < -0.3 is 4.74 Å². The predicted octanol–water partition coefficient (Wildman–Crippen LogP) is 1.08. The van der Waals surface area contributed by atoms with E-state index in [1.54, 1.807) is 6.07 Å². The van der Waals surface area contributed by atoms with Gasteiger partial charge in [-0.15, -0.1) is 5.10 Å². The number of nitro groups is 1. The number of thioether (sulfide) groups is 1. The number of nitrogens with zero attached hydrogens (tertiary/aromatic N) is 4. The van der Waals surface area contributed by atoms with Crippen molar-refractivity contribution in [2.24, 2.45) is 10.2 Å². The smallest absolute Gasteiger partial charge is 0.331 e. The van der Waals surface area contributed by atoms with Crippen LogP contribution in [0, 0.1) is 21.4 Å². The van der Waals surface area contributed by atoms with Gasteiger partial charge >= 0.3 is 5.97 Å². The average Bonchev–Trinajstić information content (AvgIpc) is 2.93. The maximum absolute atomic E-state index is 11.6. The number of hydrogen-bond donors (Lipinski definition) is 1. The molecular formula is C14H9N5O5S. The van der Waals surface area contributed by atoms with Crippen LogP contribution < -0.4 is 5.32 Å². The van der Waals surface area contributed by atoms with E-state index < -0.39 is 16.8 Å². The third kappa shape index (κ3) is 4.49. The SMILES string of the molecule is COC(=O)/C=C1/S/C(=N\N=Cc2ccc([N+](=O)[O-])c(C#N)c2)NC1=O. The highest BCUT2D eigenvalue weighted by Gasteiger charge is 2.25. The Morgan fingerprint density at radius 1 is 1.52 bits per heavy atom. The van der Waals surface area contributed by atoms with E-state index in [2.05, 4.69) is 20.3 Å². The van der Waals surface area contributed by atoms with Crippen molar-refractivity contribution in [2.45, 2.75) is 0 Å². The molecule has 11 heteroatoms. The van der Waals surface area contributed by atoms with E-state index >= 15 is 0 Å². The zero-order valence-corrected chi connectivity index (χ0v) is 13.4. The number of nitrogens with one attached hydrogen (secondary N) is 1. The molecule has 1 aromatic carbocycles. The molecular weight excluding hydrogens is 350 g/mol. The second kappa shape index (κ2) is 7.84. The van der Waals surface area contributed by atoms with Crippen LogP contribution >= 0.6 is 11.8 Å². The van der Waals surface area contributed by atoms with E-state index in [4.69, 9.17) is 5.26 Å². The molecule has 0 aliphatic carbocycles. The van der Waals surface area contributed by atoms with Crippen LogP contribution in [0.2, 0.25) is 0 Å². The van der Waals surface area contributed by atoms with Gasteiger partial charge in [0.2, 0.25) is 0 Å². The van der Waals surface area contributed by atoms with Crippen molar-refractivity contribution in [3.63, 3.8) is 0 Å². The van der Waals surface area contributed by atoms with Gasteiger partial charge in [-0.1, -0.05) is 0 Å².